The first kappa shape index (κ1) is 61.4. The molecule has 1 aliphatic rings. The molecule has 12 heteroatoms. The van der Waals surface area contributed by atoms with E-state index in [1.165, 1.54) is 16.8 Å². The van der Waals surface area contributed by atoms with Crippen molar-refractivity contribution < 1.29 is 361 Å². The minimum absolute atomic E-state index is 0. The second-order valence-corrected chi connectivity index (χ2v) is 5.96. The molecule has 0 unspecified atom stereocenters. The number of rotatable bonds is 3. The summed E-state index contributed by atoms with van der Waals surface area (Å²) >= 11 is 0. The molecule has 0 amide bonds. The fraction of sp³-hybridized carbons (Fsp3) is 0.350. The zero-order valence-electron chi connectivity index (χ0n) is 20.6. The van der Waals surface area contributed by atoms with Gasteiger partial charge in [-0.25, -0.2) is 0 Å². The monoisotopic (exact) mass is 1260 g/mol. The normalized spacial score (nSPS) is 15.0. The number of para-hydroxylation sites is 1. The number of hydrogen-bond acceptors (Lipinski definition) is 1. The van der Waals surface area contributed by atoms with Crippen LogP contribution in [-0.4, -0.2) is 6.04 Å². The van der Waals surface area contributed by atoms with Crippen molar-refractivity contribution in [3.05, 3.63) is 66.1 Å². The van der Waals surface area contributed by atoms with Crippen LogP contribution in [0.5, 0.6) is 0 Å². The molecule has 0 bridgehead atoms. The van der Waals surface area contributed by atoms with E-state index in [-0.39, 0.29) is 360 Å². The second kappa shape index (κ2) is 35.9. The van der Waals surface area contributed by atoms with E-state index >= 15 is 0 Å². The summed E-state index contributed by atoms with van der Waals surface area (Å²) in [6.45, 7) is 8.80. The first-order chi connectivity index (χ1) is 10.6. The average Bonchev–Trinajstić information content (AvgIpc) is 2.80. The van der Waals surface area contributed by atoms with Crippen molar-refractivity contribution in [2.45, 2.75) is 45.6 Å². The van der Waals surface area contributed by atoms with Crippen molar-refractivity contribution in [3.8, 4) is 0 Å². The van der Waals surface area contributed by atoms with Gasteiger partial charge in [0.25, 0.3) is 0 Å². The van der Waals surface area contributed by atoms with E-state index in [4.69, 9.17) is 1.37 Å². The molecular formula is C20H23NY11-2. The molecule has 0 spiro atoms. The van der Waals surface area contributed by atoms with Crippen LogP contribution in [0.2, 0.25) is 0 Å². The first-order valence-electron chi connectivity index (χ1n) is 8.25. The Bertz CT molecular complexity index is 709. The molecule has 0 N–H and O–H groups in total. The van der Waals surface area contributed by atoms with E-state index in [9.17, 15) is 0 Å². The SMILES string of the molecule is [3H]c1cccc2c1N(c1ccc[c-]c1[C@H](C)[CH-]C)[C@@H](C)[C@H]2C.[Y].[Y].[Y].[Y].[Y].[Y].[Y].[Y].[Y].[Y].[Y]. The first-order valence-corrected chi connectivity index (χ1v) is 7.75. The molecule has 143 valence electrons. The van der Waals surface area contributed by atoms with E-state index in [1.807, 2.05) is 24.3 Å². The van der Waals surface area contributed by atoms with Gasteiger partial charge in [-0.2, -0.15) is 36.6 Å². The predicted molar refractivity (Wildman–Crippen MR) is 90.1 cm³/mol. The van der Waals surface area contributed by atoms with Crippen LogP contribution in [0.1, 0.15) is 52.0 Å². The Morgan fingerprint density at radius 2 is 1.38 bits per heavy atom. The van der Waals surface area contributed by atoms with Gasteiger partial charge in [-0.1, -0.05) is 37.7 Å². The van der Waals surface area contributed by atoms with Gasteiger partial charge in [0.15, 0.2) is 0 Å². The van der Waals surface area contributed by atoms with Crippen LogP contribution in [0.3, 0.4) is 0 Å². The quantitative estimate of drug-likeness (QED) is 0.372. The molecule has 1 aliphatic heterocycles. The fourth-order valence-electron chi connectivity index (χ4n) is 3.23. The number of benzene rings is 2. The van der Waals surface area contributed by atoms with E-state index in [0.29, 0.717) is 23.9 Å². The maximum absolute atomic E-state index is 8.37. The zero-order valence-corrected chi connectivity index (χ0v) is 50.8. The third kappa shape index (κ3) is 18.4. The average molecular weight is 1260 g/mol. The summed E-state index contributed by atoms with van der Waals surface area (Å²) in [6, 6.07) is 16.6. The topological polar surface area (TPSA) is 3.24 Å². The number of anilines is 2. The van der Waals surface area contributed by atoms with E-state index in [2.05, 4.69) is 57.2 Å². The molecule has 1 nitrogen and oxygen atoms in total. The van der Waals surface area contributed by atoms with Crippen molar-refractivity contribution in [1.29, 1.82) is 0 Å². The van der Waals surface area contributed by atoms with Crippen molar-refractivity contribution in [3.63, 3.8) is 0 Å². The van der Waals surface area contributed by atoms with Crippen LogP contribution in [0.4, 0.5) is 11.4 Å². The van der Waals surface area contributed by atoms with Crippen LogP contribution < -0.4 is 4.90 Å². The van der Waals surface area contributed by atoms with Crippen molar-refractivity contribution in [2.24, 2.45) is 0 Å². The summed E-state index contributed by atoms with van der Waals surface area (Å²) in [5, 5.41) is 0. The molecule has 2 aromatic carbocycles. The van der Waals surface area contributed by atoms with Crippen LogP contribution in [0.25, 0.3) is 0 Å². The molecule has 32 heavy (non-hydrogen) atoms. The summed E-state index contributed by atoms with van der Waals surface area (Å²) in [6.07, 6.45) is 2.20. The van der Waals surface area contributed by atoms with Crippen LogP contribution >= 0.6 is 0 Å². The van der Waals surface area contributed by atoms with Gasteiger partial charge in [-0.15, -0.1) is 6.07 Å². The van der Waals surface area contributed by atoms with Crippen molar-refractivity contribution in [2.75, 3.05) is 4.90 Å². The smallest absolute Gasteiger partial charge is 0.0644 e. The third-order valence-electron chi connectivity index (χ3n) is 4.81. The molecule has 3 rings (SSSR count). The van der Waals surface area contributed by atoms with Gasteiger partial charge in [-0.05, 0) is 18.5 Å². The molecule has 11 radical (unpaired) electrons. The Kier molecular flexibility index (Phi) is 68.8. The Balaban J connectivity index is -0.0000000748. The predicted octanol–water partition coefficient (Wildman–Crippen LogP) is 5.43. The summed E-state index contributed by atoms with van der Waals surface area (Å²) in [5.74, 6) is 0.773. The van der Waals surface area contributed by atoms with Crippen LogP contribution in [0, 0.1) is 12.5 Å². The number of fused-ring (bicyclic) bond motifs is 1. The van der Waals surface area contributed by atoms with Gasteiger partial charge in [0, 0.05) is 377 Å². The summed E-state index contributed by atoms with van der Waals surface area (Å²) in [5.41, 5.74) is 4.74. The Morgan fingerprint density at radius 1 is 0.844 bits per heavy atom. The molecule has 0 saturated carbocycles. The maximum atomic E-state index is 8.37. The van der Waals surface area contributed by atoms with Gasteiger partial charge in [-0.3, -0.25) is 0 Å². The largest absolute Gasteiger partial charge is 0.392 e. The second-order valence-electron chi connectivity index (χ2n) is 5.96. The molecule has 2 aromatic rings. The summed E-state index contributed by atoms with van der Waals surface area (Å²) < 4.78 is 8.37. The molecule has 0 aromatic heterocycles. The van der Waals surface area contributed by atoms with Gasteiger partial charge < -0.3 is 11.3 Å². The molecule has 0 fully saturated rings. The van der Waals surface area contributed by atoms with E-state index < -0.39 is 0 Å². The minimum Gasteiger partial charge on any atom is -0.392 e. The Hall–Kier alpha value is 10.4. The summed E-state index contributed by atoms with van der Waals surface area (Å²) in [7, 11) is 0. The molecule has 0 aliphatic carbocycles. The number of hydrogen-bond donors (Lipinski definition) is 0. The van der Waals surface area contributed by atoms with Crippen LogP contribution in [0.15, 0.2) is 42.4 Å². The Labute approximate surface area is 475 Å². The van der Waals surface area contributed by atoms with Crippen LogP contribution in [-0.2, 0) is 360 Å². The Morgan fingerprint density at radius 3 is 1.88 bits per heavy atom. The molecule has 3 atom stereocenters. The van der Waals surface area contributed by atoms with Gasteiger partial charge in [0.1, 0.15) is 0 Å². The zero-order chi connectivity index (χ0) is 15.9. The van der Waals surface area contributed by atoms with Crippen molar-refractivity contribution >= 4 is 11.4 Å². The standard InChI is InChI=1S/C20H23N.11Y/c1-5-14(2)17-10-6-8-12-19(17)21-16(4)15(3)18-11-7-9-13-20(18)21;;;;;;;;;;;/h5-9,11-16H,1-4H3;;;;;;;;;;;/q-2;;;;;;;;;;;/t14-,15-,16+;;;;;;;;;;;/m1.........../s1/i13T;;;;;;;;;;;. The van der Waals surface area contributed by atoms with E-state index in [0.717, 1.165) is 5.69 Å². The van der Waals surface area contributed by atoms with Crippen molar-refractivity contribution in [1.82, 2.24) is 0 Å². The third-order valence-corrected chi connectivity index (χ3v) is 4.81. The van der Waals surface area contributed by atoms with E-state index in [1.54, 1.807) is 0 Å². The number of nitrogens with zero attached hydrogens (tertiary/aromatic N) is 1. The minimum atomic E-state index is 0. The van der Waals surface area contributed by atoms with Gasteiger partial charge in [0.05, 0.1) is 1.37 Å². The summed E-state index contributed by atoms with van der Waals surface area (Å²) in [4.78, 5) is 2.34. The maximum Gasteiger partial charge on any atom is 0.0644 e. The molecular weight excluding hydrogens is 1230 g/mol. The fourth-order valence-corrected chi connectivity index (χ4v) is 3.23. The molecule has 0 saturated heterocycles. The van der Waals surface area contributed by atoms with Gasteiger partial charge in [0.2, 0.25) is 0 Å². The molecule has 1 heterocycles. The van der Waals surface area contributed by atoms with Gasteiger partial charge >= 0.3 is 0 Å².